The van der Waals surface area contributed by atoms with Gasteiger partial charge in [0.05, 0.1) is 35.5 Å². The first-order valence-electron chi connectivity index (χ1n) is 10.6. The summed E-state index contributed by atoms with van der Waals surface area (Å²) in [6.45, 7) is 1.31. The molecule has 34 heavy (non-hydrogen) atoms. The van der Waals surface area contributed by atoms with Crippen LogP contribution in [0.15, 0.2) is 48.0 Å². The van der Waals surface area contributed by atoms with Crippen molar-refractivity contribution in [2.24, 2.45) is 11.7 Å². The van der Waals surface area contributed by atoms with E-state index in [2.05, 4.69) is 15.3 Å². The standard InChI is InChI=1S/C23H22F3N5O2S/c24-23(25,26)16-5-3-14(4-6-16)22-30-18(13-34-22)10-20(32)29-17-7-8-19(28-11-17)31-9-1-2-15(12-31)21(27)33/h3-8,11,13,15H,1-2,9-10,12H2,(H2,27,33)(H,29,32). The molecule has 3 N–H and O–H groups in total. The Hall–Kier alpha value is -3.47. The van der Waals surface area contributed by atoms with Crippen molar-refractivity contribution in [3.05, 3.63) is 59.2 Å². The molecule has 2 amide bonds. The number of piperidine rings is 1. The van der Waals surface area contributed by atoms with Gasteiger partial charge < -0.3 is 16.0 Å². The van der Waals surface area contributed by atoms with E-state index in [0.29, 0.717) is 34.3 Å². The minimum atomic E-state index is -4.39. The Bertz CT molecular complexity index is 1160. The molecule has 1 saturated heterocycles. The molecule has 3 heterocycles. The number of hydrogen-bond donors (Lipinski definition) is 2. The van der Waals surface area contributed by atoms with Gasteiger partial charge in [0.1, 0.15) is 10.8 Å². The first-order chi connectivity index (χ1) is 16.2. The van der Waals surface area contributed by atoms with Gasteiger partial charge in [-0.2, -0.15) is 13.2 Å². The van der Waals surface area contributed by atoms with Crippen molar-refractivity contribution in [3.8, 4) is 10.6 Å². The Labute approximate surface area is 197 Å². The van der Waals surface area contributed by atoms with Gasteiger partial charge in [-0.05, 0) is 37.1 Å². The normalized spacial score (nSPS) is 16.3. The third-order valence-corrected chi connectivity index (χ3v) is 6.47. The van der Waals surface area contributed by atoms with Gasteiger partial charge in [0, 0.05) is 24.0 Å². The van der Waals surface area contributed by atoms with Gasteiger partial charge in [-0.1, -0.05) is 12.1 Å². The lowest BCUT2D eigenvalue weighted by Crippen LogP contribution is -2.41. The molecule has 1 aliphatic rings. The van der Waals surface area contributed by atoms with Crippen LogP contribution in [0.3, 0.4) is 0 Å². The molecule has 11 heteroatoms. The van der Waals surface area contributed by atoms with E-state index in [0.717, 1.165) is 31.5 Å². The minimum absolute atomic E-state index is 0.0191. The molecule has 2 aromatic heterocycles. The Morgan fingerprint density at radius 2 is 1.94 bits per heavy atom. The first kappa shape index (κ1) is 23.7. The molecule has 1 fully saturated rings. The fourth-order valence-electron chi connectivity index (χ4n) is 3.76. The number of hydrogen-bond acceptors (Lipinski definition) is 6. The number of thiazole rings is 1. The predicted octanol–water partition coefficient (Wildman–Crippen LogP) is 4.11. The van der Waals surface area contributed by atoms with Crippen LogP contribution in [-0.2, 0) is 22.2 Å². The summed E-state index contributed by atoms with van der Waals surface area (Å²) in [5, 5.41) is 5.01. The fraction of sp³-hybridized carbons (Fsp3) is 0.304. The van der Waals surface area contributed by atoms with E-state index in [9.17, 15) is 22.8 Å². The van der Waals surface area contributed by atoms with Gasteiger partial charge in [-0.3, -0.25) is 9.59 Å². The summed E-state index contributed by atoms with van der Waals surface area (Å²) in [6.07, 6.45) is -1.19. The zero-order chi connectivity index (χ0) is 24.3. The maximum absolute atomic E-state index is 12.7. The first-order valence-corrected chi connectivity index (χ1v) is 11.5. The van der Waals surface area contributed by atoms with E-state index >= 15 is 0 Å². The summed E-state index contributed by atoms with van der Waals surface area (Å²) in [6, 6.07) is 8.28. The van der Waals surface area contributed by atoms with E-state index < -0.39 is 11.7 Å². The third-order valence-electron chi connectivity index (χ3n) is 5.53. The number of carbonyl (C=O) groups excluding carboxylic acids is 2. The number of pyridine rings is 1. The van der Waals surface area contributed by atoms with Gasteiger partial charge in [-0.25, -0.2) is 9.97 Å². The molecule has 1 aromatic carbocycles. The smallest absolute Gasteiger partial charge is 0.369 e. The number of halogens is 3. The van der Waals surface area contributed by atoms with Crippen LogP contribution in [0.2, 0.25) is 0 Å². The van der Waals surface area contributed by atoms with E-state index in [1.807, 2.05) is 4.90 Å². The lowest BCUT2D eigenvalue weighted by Gasteiger charge is -2.32. The topological polar surface area (TPSA) is 101 Å². The summed E-state index contributed by atoms with van der Waals surface area (Å²) >= 11 is 1.26. The Morgan fingerprint density at radius 1 is 1.18 bits per heavy atom. The highest BCUT2D eigenvalue weighted by atomic mass is 32.1. The number of anilines is 2. The number of benzene rings is 1. The highest BCUT2D eigenvalue weighted by Crippen LogP contribution is 2.32. The summed E-state index contributed by atoms with van der Waals surface area (Å²) in [5.41, 5.74) is 6.31. The van der Waals surface area contributed by atoms with E-state index in [-0.39, 0.29) is 24.2 Å². The van der Waals surface area contributed by atoms with Gasteiger partial charge in [0.25, 0.3) is 0 Å². The Morgan fingerprint density at radius 3 is 2.59 bits per heavy atom. The second-order valence-electron chi connectivity index (χ2n) is 8.04. The van der Waals surface area contributed by atoms with Crippen LogP contribution >= 0.6 is 11.3 Å². The maximum Gasteiger partial charge on any atom is 0.416 e. The molecule has 0 bridgehead atoms. The molecule has 0 saturated carbocycles. The van der Waals surface area contributed by atoms with E-state index in [1.54, 1.807) is 23.7 Å². The highest BCUT2D eigenvalue weighted by molar-refractivity contribution is 7.13. The highest BCUT2D eigenvalue weighted by Gasteiger charge is 2.30. The lowest BCUT2D eigenvalue weighted by molar-refractivity contribution is -0.137. The SMILES string of the molecule is NC(=O)C1CCCN(c2ccc(NC(=O)Cc3csc(-c4ccc(C(F)(F)F)cc4)n3)cn2)C1. The van der Waals surface area contributed by atoms with Crippen LogP contribution in [-0.4, -0.2) is 34.9 Å². The summed E-state index contributed by atoms with van der Waals surface area (Å²) in [7, 11) is 0. The molecule has 0 radical (unpaired) electrons. The molecule has 3 aromatic rings. The van der Waals surface area contributed by atoms with Gasteiger partial charge in [0.2, 0.25) is 11.8 Å². The van der Waals surface area contributed by atoms with Crippen LogP contribution < -0.4 is 16.0 Å². The average Bonchev–Trinajstić information content (AvgIpc) is 3.27. The number of rotatable bonds is 6. The fourth-order valence-corrected chi connectivity index (χ4v) is 4.58. The Balaban J connectivity index is 1.33. The van der Waals surface area contributed by atoms with Crippen LogP contribution in [0, 0.1) is 5.92 Å². The van der Waals surface area contributed by atoms with Crippen LogP contribution in [0.4, 0.5) is 24.7 Å². The molecular weight excluding hydrogens is 467 g/mol. The van der Waals surface area contributed by atoms with Crippen molar-refractivity contribution >= 4 is 34.7 Å². The summed E-state index contributed by atoms with van der Waals surface area (Å²) < 4.78 is 38.2. The predicted molar refractivity (Wildman–Crippen MR) is 123 cm³/mol. The van der Waals surface area contributed by atoms with Crippen molar-refractivity contribution in [3.63, 3.8) is 0 Å². The molecular formula is C23H22F3N5O2S. The number of amides is 2. The van der Waals surface area contributed by atoms with Gasteiger partial charge in [-0.15, -0.1) is 11.3 Å². The number of carbonyl (C=O) groups is 2. The minimum Gasteiger partial charge on any atom is -0.369 e. The molecule has 178 valence electrons. The lowest BCUT2D eigenvalue weighted by atomic mass is 9.97. The summed E-state index contributed by atoms with van der Waals surface area (Å²) in [4.78, 5) is 34.7. The molecule has 7 nitrogen and oxygen atoms in total. The van der Waals surface area contributed by atoms with E-state index in [4.69, 9.17) is 5.73 Å². The molecule has 1 aliphatic heterocycles. The third kappa shape index (κ3) is 5.71. The number of aromatic nitrogens is 2. The largest absolute Gasteiger partial charge is 0.416 e. The average molecular weight is 490 g/mol. The monoisotopic (exact) mass is 489 g/mol. The summed E-state index contributed by atoms with van der Waals surface area (Å²) in [5.74, 6) is -0.0761. The van der Waals surface area contributed by atoms with Gasteiger partial charge >= 0.3 is 6.18 Å². The Kier molecular flexibility index (Phi) is 6.82. The van der Waals surface area contributed by atoms with Crippen molar-refractivity contribution in [1.29, 1.82) is 0 Å². The maximum atomic E-state index is 12.7. The van der Waals surface area contributed by atoms with Crippen molar-refractivity contribution in [1.82, 2.24) is 9.97 Å². The van der Waals surface area contributed by atoms with Crippen molar-refractivity contribution < 1.29 is 22.8 Å². The zero-order valence-corrected chi connectivity index (χ0v) is 18.8. The number of alkyl halides is 3. The van der Waals surface area contributed by atoms with E-state index in [1.165, 1.54) is 23.5 Å². The molecule has 0 aliphatic carbocycles. The molecule has 0 spiro atoms. The number of nitrogens with two attached hydrogens (primary N) is 1. The van der Waals surface area contributed by atoms with Crippen molar-refractivity contribution in [2.75, 3.05) is 23.3 Å². The number of nitrogens with zero attached hydrogens (tertiary/aromatic N) is 3. The quantitative estimate of drug-likeness (QED) is 0.543. The zero-order valence-electron chi connectivity index (χ0n) is 18.0. The van der Waals surface area contributed by atoms with Crippen LogP contribution in [0.25, 0.3) is 10.6 Å². The van der Waals surface area contributed by atoms with Gasteiger partial charge in [0.15, 0.2) is 0 Å². The van der Waals surface area contributed by atoms with Crippen molar-refractivity contribution in [2.45, 2.75) is 25.4 Å². The molecule has 4 rings (SSSR count). The van der Waals surface area contributed by atoms with Crippen LogP contribution in [0.5, 0.6) is 0 Å². The molecule has 1 atom stereocenters. The second-order valence-corrected chi connectivity index (χ2v) is 8.89. The number of primary amides is 1. The second kappa shape index (κ2) is 9.80. The number of nitrogens with one attached hydrogen (secondary N) is 1. The molecule has 1 unspecified atom stereocenters. The van der Waals surface area contributed by atoms with Crippen LogP contribution in [0.1, 0.15) is 24.1 Å².